The largest absolute Gasteiger partial charge is 0.438 e. The van der Waals surface area contributed by atoms with Gasteiger partial charge in [0.2, 0.25) is 11.8 Å². The number of anilines is 1. The maximum absolute atomic E-state index is 5.98. The van der Waals surface area contributed by atoms with Gasteiger partial charge in [0.05, 0.1) is 5.39 Å². The maximum atomic E-state index is 5.98. The number of nitrogens with two attached hydrogens (primary N) is 1. The number of halogens is 1. The van der Waals surface area contributed by atoms with Gasteiger partial charge in [0.15, 0.2) is 0 Å². The van der Waals surface area contributed by atoms with Crippen LogP contribution in [0.4, 0.5) is 5.95 Å². The highest BCUT2D eigenvalue weighted by atomic mass is 35.5. The Labute approximate surface area is 118 Å². The molecule has 0 fully saturated rings. The number of nitrogen functional groups attached to an aromatic ring is 1. The Hall–Kier alpha value is -1.85. The van der Waals surface area contributed by atoms with Crippen LogP contribution in [0.3, 0.4) is 0 Å². The van der Waals surface area contributed by atoms with E-state index in [2.05, 4.69) is 9.97 Å². The van der Waals surface area contributed by atoms with Crippen molar-refractivity contribution < 1.29 is 4.74 Å². The Bertz CT molecular complexity index is 757. The highest BCUT2D eigenvalue weighted by Gasteiger charge is 2.11. The molecular weight excluding hydrogens is 282 g/mol. The summed E-state index contributed by atoms with van der Waals surface area (Å²) in [5.41, 5.74) is 6.66. The normalized spacial score (nSPS) is 10.8. The summed E-state index contributed by atoms with van der Waals surface area (Å²) < 4.78 is 5.83. The van der Waals surface area contributed by atoms with Gasteiger partial charge in [-0.2, -0.15) is 4.98 Å². The van der Waals surface area contributed by atoms with Crippen molar-refractivity contribution in [2.75, 3.05) is 5.73 Å². The second kappa shape index (κ2) is 4.68. The Morgan fingerprint density at radius 2 is 2.11 bits per heavy atom. The number of fused-ring (bicyclic) bond motifs is 1. The molecule has 4 nitrogen and oxygen atoms in total. The van der Waals surface area contributed by atoms with Gasteiger partial charge in [0, 0.05) is 5.02 Å². The molecule has 2 heterocycles. The van der Waals surface area contributed by atoms with Crippen molar-refractivity contribution in [3.8, 4) is 11.6 Å². The van der Waals surface area contributed by atoms with E-state index in [0.717, 1.165) is 15.8 Å². The average Bonchev–Trinajstić information content (AvgIpc) is 2.82. The molecule has 0 atom stereocenters. The second-order valence-electron chi connectivity index (χ2n) is 4.04. The molecule has 0 radical (unpaired) electrons. The second-order valence-corrected chi connectivity index (χ2v) is 5.37. The molecule has 96 valence electrons. The van der Waals surface area contributed by atoms with E-state index in [-0.39, 0.29) is 5.95 Å². The molecule has 0 aliphatic rings. The van der Waals surface area contributed by atoms with E-state index in [1.807, 2.05) is 30.5 Å². The molecule has 0 amide bonds. The number of aromatic nitrogens is 2. The lowest BCUT2D eigenvalue weighted by Gasteiger charge is -2.09. The van der Waals surface area contributed by atoms with Crippen LogP contribution >= 0.6 is 22.9 Å². The summed E-state index contributed by atoms with van der Waals surface area (Å²) in [4.78, 5) is 9.11. The van der Waals surface area contributed by atoms with Crippen LogP contribution in [0.1, 0.15) is 5.56 Å². The minimum absolute atomic E-state index is 0.199. The third kappa shape index (κ3) is 2.34. The SMILES string of the molecule is Cc1ccc(Cl)cc1Oc1nc(N)nc2sccc12. The molecule has 2 N–H and O–H groups in total. The molecule has 1 aromatic carbocycles. The molecule has 19 heavy (non-hydrogen) atoms. The van der Waals surface area contributed by atoms with Crippen molar-refractivity contribution >= 4 is 39.1 Å². The molecule has 0 aliphatic heterocycles. The zero-order valence-electron chi connectivity index (χ0n) is 10.1. The molecular formula is C13H10ClN3OS. The summed E-state index contributed by atoms with van der Waals surface area (Å²) in [6, 6.07) is 7.38. The fraction of sp³-hybridized carbons (Fsp3) is 0.0769. The molecule has 0 saturated carbocycles. The van der Waals surface area contributed by atoms with Crippen LogP contribution in [0.25, 0.3) is 10.2 Å². The lowest BCUT2D eigenvalue weighted by molar-refractivity contribution is 0.466. The van der Waals surface area contributed by atoms with Crippen molar-refractivity contribution in [2.45, 2.75) is 6.92 Å². The fourth-order valence-electron chi connectivity index (χ4n) is 1.71. The van der Waals surface area contributed by atoms with Gasteiger partial charge in [-0.25, -0.2) is 4.98 Å². The van der Waals surface area contributed by atoms with Crippen LogP contribution in [0.15, 0.2) is 29.6 Å². The van der Waals surface area contributed by atoms with Crippen LogP contribution in [0.2, 0.25) is 5.02 Å². The van der Waals surface area contributed by atoms with E-state index in [1.54, 1.807) is 6.07 Å². The summed E-state index contributed by atoms with van der Waals surface area (Å²) in [5.74, 6) is 1.32. The summed E-state index contributed by atoms with van der Waals surface area (Å²) >= 11 is 7.47. The van der Waals surface area contributed by atoms with Gasteiger partial charge in [-0.3, -0.25) is 0 Å². The Morgan fingerprint density at radius 3 is 2.95 bits per heavy atom. The number of aryl methyl sites for hydroxylation is 1. The number of benzene rings is 1. The van der Waals surface area contributed by atoms with Crippen LogP contribution < -0.4 is 10.5 Å². The topological polar surface area (TPSA) is 61.0 Å². The summed E-state index contributed by atoms with van der Waals surface area (Å²) in [5, 5.41) is 3.39. The van der Waals surface area contributed by atoms with E-state index in [1.165, 1.54) is 11.3 Å². The molecule has 0 bridgehead atoms. The van der Waals surface area contributed by atoms with Crippen LogP contribution in [-0.2, 0) is 0 Å². The minimum atomic E-state index is 0.199. The van der Waals surface area contributed by atoms with Crippen molar-refractivity contribution in [3.05, 3.63) is 40.2 Å². The van der Waals surface area contributed by atoms with Gasteiger partial charge >= 0.3 is 0 Å². The molecule has 3 rings (SSSR count). The molecule has 3 aromatic rings. The van der Waals surface area contributed by atoms with Crippen molar-refractivity contribution in [2.24, 2.45) is 0 Å². The van der Waals surface area contributed by atoms with Gasteiger partial charge in [-0.1, -0.05) is 17.7 Å². The maximum Gasteiger partial charge on any atom is 0.232 e. The molecule has 0 unspecified atom stereocenters. The molecule has 0 saturated heterocycles. The third-order valence-corrected chi connectivity index (χ3v) is 3.71. The first-order valence-corrected chi connectivity index (χ1v) is 6.84. The van der Waals surface area contributed by atoms with Crippen molar-refractivity contribution in [3.63, 3.8) is 0 Å². The zero-order valence-corrected chi connectivity index (χ0v) is 11.6. The highest BCUT2D eigenvalue weighted by molar-refractivity contribution is 7.16. The van der Waals surface area contributed by atoms with Crippen molar-refractivity contribution in [1.29, 1.82) is 0 Å². The fourth-order valence-corrected chi connectivity index (χ4v) is 2.63. The minimum Gasteiger partial charge on any atom is -0.438 e. The van der Waals surface area contributed by atoms with Gasteiger partial charge in [-0.15, -0.1) is 11.3 Å². The lowest BCUT2D eigenvalue weighted by atomic mass is 10.2. The average molecular weight is 292 g/mol. The number of nitrogens with zero attached hydrogens (tertiary/aromatic N) is 2. The smallest absolute Gasteiger partial charge is 0.232 e. The Morgan fingerprint density at radius 1 is 1.26 bits per heavy atom. The zero-order chi connectivity index (χ0) is 13.4. The first kappa shape index (κ1) is 12.2. The summed E-state index contributed by atoms with van der Waals surface area (Å²) in [6.45, 7) is 1.95. The van der Waals surface area contributed by atoms with Crippen LogP contribution in [0, 0.1) is 6.92 Å². The van der Waals surface area contributed by atoms with Crippen LogP contribution in [-0.4, -0.2) is 9.97 Å². The Balaban J connectivity index is 2.10. The summed E-state index contributed by atoms with van der Waals surface area (Å²) in [7, 11) is 0. The number of hydrogen-bond acceptors (Lipinski definition) is 5. The number of hydrogen-bond donors (Lipinski definition) is 1. The van der Waals surface area contributed by atoms with Gasteiger partial charge in [0.1, 0.15) is 10.6 Å². The van der Waals surface area contributed by atoms with Gasteiger partial charge < -0.3 is 10.5 Å². The predicted octanol–water partition coefficient (Wildman–Crippen LogP) is 4.03. The van der Waals surface area contributed by atoms with Gasteiger partial charge in [-0.05, 0) is 36.1 Å². The number of rotatable bonds is 2. The van der Waals surface area contributed by atoms with E-state index in [4.69, 9.17) is 22.1 Å². The standard InChI is InChI=1S/C13H10ClN3OS/c1-7-2-3-8(14)6-10(7)18-11-9-4-5-19-12(9)17-13(15)16-11/h2-6H,1H3,(H2,15,16,17). The van der Waals surface area contributed by atoms with Crippen LogP contribution in [0.5, 0.6) is 11.6 Å². The monoisotopic (exact) mass is 291 g/mol. The molecule has 0 aliphatic carbocycles. The Kier molecular flexibility index (Phi) is 3.00. The summed E-state index contributed by atoms with van der Waals surface area (Å²) in [6.07, 6.45) is 0. The molecule has 0 spiro atoms. The predicted molar refractivity (Wildman–Crippen MR) is 78.1 cm³/mol. The number of thiophene rings is 1. The van der Waals surface area contributed by atoms with Crippen molar-refractivity contribution in [1.82, 2.24) is 9.97 Å². The van der Waals surface area contributed by atoms with E-state index >= 15 is 0 Å². The molecule has 6 heteroatoms. The van der Waals surface area contributed by atoms with E-state index in [0.29, 0.717) is 16.7 Å². The van der Waals surface area contributed by atoms with E-state index < -0.39 is 0 Å². The number of ether oxygens (including phenoxy) is 1. The quantitative estimate of drug-likeness (QED) is 0.774. The first-order valence-electron chi connectivity index (χ1n) is 5.58. The lowest BCUT2D eigenvalue weighted by Crippen LogP contribution is -1.97. The van der Waals surface area contributed by atoms with Gasteiger partial charge in [0.25, 0.3) is 0 Å². The third-order valence-electron chi connectivity index (χ3n) is 2.66. The molecule has 2 aromatic heterocycles. The first-order chi connectivity index (χ1) is 9.13. The van der Waals surface area contributed by atoms with E-state index in [9.17, 15) is 0 Å². The highest BCUT2D eigenvalue weighted by Crippen LogP contribution is 2.33.